The molecule has 0 spiro atoms. The van der Waals surface area contributed by atoms with Crippen molar-refractivity contribution in [1.82, 2.24) is 4.98 Å². The number of hydrogen-bond acceptors (Lipinski definition) is 4. The fraction of sp³-hybridized carbons (Fsp3) is 0.143. The summed E-state index contributed by atoms with van der Waals surface area (Å²) >= 11 is 0. The Morgan fingerprint density at radius 3 is 2.67 bits per heavy atom. The average Bonchev–Trinajstić information content (AvgIpc) is 2.40. The van der Waals surface area contributed by atoms with Gasteiger partial charge in [0, 0.05) is 12.3 Å². The first-order valence-corrected chi connectivity index (χ1v) is 5.51. The highest BCUT2D eigenvalue weighted by molar-refractivity contribution is 5.44. The van der Waals surface area contributed by atoms with Gasteiger partial charge in [-0.2, -0.15) is 5.26 Å². The minimum absolute atomic E-state index is 0.391. The van der Waals surface area contributed by atoms with Crippen LogP contribution in [0.25, 0.3) is 0 Å². The monoisotopic (exact) mass is 240 g/mol. The zero-order valence-corrected chi connectivity index (χ0v) is 9.87. The molecule has 0 fully saturated rings. The highest BCUT2D eigenvalue weighted by Gasteiger charge is 2.05. The first-order valence-electron chi connectivity index (χ1n) is 5.51. The molecule has 0 saturated heterocycles. The number of nitrogens with zero attached hydrogens (tertiary/aromatic N) is 2. The molecule has 1 aromatic carbocycles. The molecule has 4 heteroatoms. The molecule has 2 aromatic rings. The van der Waals surface area contributed by atoms with Crippen molar-refractivity contribution < 1.29 is 9.84 Å². The number of aliphatic hydroxyl groups is 1. The maximum atomic E-state index is 9.36. The fourth-order valence-electron chi connectivity index (χ4n) is 1.46. The zero-order chi connectivity index (χ0) is 13.0. The van der Waals surface area contributed by atoms with Gasteiger partial charge in [-0.3, -0.25) is 0 Å². The number of rotatable bonds is 3. The standard InChI is InChI=1S/C14H12N2O2/c1-10(17)12-6-7-14(16-9-12)18-13-5-3-2-4-11(13)8-15/h2-7,9-10,17H,1H3/t10-/m1/s1. The molecule has 1 aromatic heterocycles. The van der Waals surface area contributed by atoms with Crippen molar-refractivity contribution in [3.63, 3.8) is 0 Å². The van der Waals surface area contributed by atoms with Crippen molar-refractivity contribution in [3.05, 3.63) is 53.7 Å². The van der Waals surface area contributed by atoms with Crippen LogP contribution in [-0.4, -0.2) is 10.1 Å². The number of nitriles is 1. The molecule has 0 amide bonds. The van der Waals surface area contributed by atoms with E-state index in [1.54, 1.807) is 49.5 Å². The van der Waals surface area contributed by atoms with Gasteiger partial charge in [-0.05, 0) is 30.7 Å². The van der Waals surface area contributed by atoms with Gasteiger partial charge in [0.05, 0.1) is 11.7 Å². The van der Waals surface area contributed by atoms with E-state index in [9.17, 15) is 5.11 Å². The molecule has 0 radical (unpaired) electrons. The van der Waals surface area contributed by atoms with Gasteiger partial charge in [0.1, 0.15) is 11.8 Å². The Morgan fingerprint density at radius 1 is 1.28 bits per heavy atom. The van der Waals surface area contributed by atoms with Crippen LogP contribution in [0.2, 0.25) is 0 Å². The second-order valence-corrected chi connectivity index (χ2v) is 3.82. The molecule has 1 heterocycles. The molecule has 1 N–H and O–H groups in total. The number of aromatic nitrogens is 1. The lowest BCUT2D eigenvalue weighted by molar-refractivity contribution is 0.198. The molecule has 0 aliphatic heterocycles. The van der Waals surface area contributed by atoms with Crippen LogP contribution in [0.1, 0.15) is 24.2 Å². The molecule has 0 saturated carbocycles. The summed E-state index contributed by atoms with van der Waals surface area (Å²) in [6.45, 7) is 1.67. The van der Waals surface area contributed by atoms with E-state index in [4.69, 9.17) is 10.00 Å². The van der Waals surface area contributed by atoms with Gasteiger partial charge in [-0.25, -0.2) is 4.98 Å². The van der Waals surface area contributed by atoms with Gasteiger partial charge in [-0.15, -0.1) is 0 Å². The summed E-state index contributed by atoms with van der Waals surface area (Å²) in [5.41, 5.74) is 1.18. The minimum atomic E-state index is -0.557. The van der Waals surface area contributed by atoms with Gasteiger partial charge < -0.3 is 9.84 Å². The molecule has 1 atom stereocenters. The van der Waals surface area contributed by atoms with E-state index in [0.29, 0.717) is 17.2 Å². The van der Waals surface area contributed by atoms with Crippen molar-refractivity contribution >= 4 is 0 Å². The Balaban J connectivity index is 2.22. The minimum Gasteiger partial charge on any atom is -0.438 e. The van der Waals surface area contributed by atoms with Crippen LogP contribution >= 0.6 is 0 Å². The van der Waals surface area contributed by atoms with Crippen molar-refractivity contribution in [2.45, 2.75) is 13.0 Å². The van der Waals surface area contributed by atoms with Gasteiger partial charge in [0.2, 0.25) is 5.88 Å². The Labute approximate surface area is 105 Å². The quantitative estimate of drug-likeness (QED) is 0.895. The zero-order valence-electron chi connectivity index (χ0n) is 9.87. The van der Waals surface area contributed by atoms with E-state index in [1.807, 2.05) is 0 Å². The Hall–Kier alpha value is -2.38. The van der Waals surface area contributed by atoms with Crippen LogP contribution in [0.4, 0.5) is 0 Å². The maximum absolute atomic E-state index is 9.36. The molecule has 18 heavy (non-hydrogen) atoms. The fourth-order valence-corrected chi connectivity index (χ4v) is 1.46. The first kappa shape index (κ1) is 12.1. The topological polar surface area (TPSA) is 66.1 Å². The molecule has 0 unspecified atom stereocenters. The summed E-state index contributed by atoms with van der Waals surface area (Å²) in [7, 11) is 0. The van der Waals surface area contributed by atoms with Crippen molar-refractivity contribution in [2.24, 2.45) is 0 Å². The third-order valence-corrected chi connectivity index (χ3v) is 2.46. The summed E-state index contributed by atoms with van der Waals surface area (Å²) < 4.78 is 5.52. The second-order valence-electron chi connectivity index (χ2n) is 3.82. The molecule has 2 rings (SSSR count). The van der Waals surface area contributed by atoms with Crippen LogP contribution in [0.3, 0.4) is 0 Å². The van der Waals surface area contributed by atoms with E-state index in [0.717, 1.165) is 5.56 Å². The number of aliphatic hydroxyl groups excluding tert-OH is 1. The lowest BCUT2D eigenvalue weighted by atomic mass is 10.2. The SMILES string of the molecule is C[C@@H](O)c1ccc(Oc2ccccc2C#N)nc1. The van der Waals surface area contributed by atoms with E-state index < -0.39 is 6.10 Å². The molecule has 0 bridgehead atoms. The summed E-state index contributed by atoms with van der Waals surface area (Å²) in [5.74, 6) is 0.861. The number of hydrogen-bond donors (Lipinski definition) is 1. The Morgan fingerprint density at radius 2 is 2.06 bits per heavy atom. The van der Waals surface area contributed by atoms with Gasteiger partial charge in [0.25, 0.3) is 0 Å². The first-order chi connectivity index (χ1) is 8.70. The van der Waals surface area contributed by atoms with Crippen molar-refractivity contribution in [3.8, 4) is 17.7 Å². The molecular weight excluding hydrogens is 228 g/mol. The number of benzene rings is 1. The predicted molar refractivity (Wildman–Crippen MR) is 66.1 cm³/mol. The van der Waals surface area contributed by atoms with Crippen LogP contribution in [0, 0.1) is 11.3 Å². The van der Waals surface area contributed by atoms with Crippen LogP contribution in [0.5, 0.6) is 11.6 Å². The predicted octanol–water partition coefficient (Wildman–Crippen LogP) is 2.80. The molecule has 0 aliphatic rings. The summed E-state index contributed by atoms with van der Waals surface area (Å²) in [5, 5.41) is 18.3. The molecule has 4 nitrogen and oxygen atoms in total. The summed E-state index contributed by atoms with van der Waals surface area (Å²) in [6.07, 6.45) is 0.993. The van der Waals surface area contributed by atoms with E-state index in [-0.39, 0.29) is 0 Å². The van der Waals surface area contributed by atoms with Crippen LogP contribution < -0.4 is 4.74 Å². The molecule has 0 aliphatic carbocycles. The Kier molecular flexibility index (Phi) is 3.56. The smallest absolute Gasteiger partial charge is 0.219 e. The van der Waals surface area contributed by atoms with Crippen LogP contribution in [0.15, 0.2) is 42.6 Å². The highest BCUT2D eigenvalue weighted by Crippen LogP contribution is 2.23. The van der Waals surface area contributed by atoms with Crippen molar-refractivity contribution in [2.75, 3.05) is 0 Å². The summed E-state index contributed by atoms with van der Waals surface area (Å²) in [4.78, 5) is 4.08. The van der Waals surface area contributed by atoms with Gasteiger partial charge in [0.15, 0.2) is 0 Å². The van der Waals surface area contributed by atoms with Crippen LogP contribution in [-0.2, 0) is 0 Å². The van der Waals surface area contributed by atoms with Gasteiger partial charge >= 0.3 is 0 Å². The summed E-state index contributed by atoms with van der Waals surface area (Å²) in [6, 6.07) is 12.4. The largest absolute Gasteiger partial charge is 0.438 e. The number of pyridine rings is 1. The molecule has 90 valence electrons. The highest BCUT2D eigenvalue weighted by atomic mass is 16.5. The lowest BCUT2D eigenvalue weighted by Crippen LogP contribution is -1.94. The van der Waals surface area contributed by atoms with E-state index in [2.05, 4.69) is 11.1 Å². The third kappa shape index (κ3) is 2.65. The number of ether oxygens (including phenoxy) is 1. The van der Waals surface area contributed by atoms with E-state index >= 15 is 0 Å². The van der Waals surface area contributed by atoms with Crippen molar-refractivity contribution in [1.29, 1.82) is 5.26 Å². The van der Waals surface area contributed by atoms with E-state index in [1.165, 1.54) is 0 Å². The second kappa shape index (κ2) is 5.30. The lowest BCUT2D eigenvalue weighted by Gasteiger charge is -2.08. The Bertz CT molecular complexity index is 571. The normalized spacial score (nSPS) is 11.6. The van der Waals surface area contributed by atoms with Gasteiger partial charge in [-0.1, -0.05) is 12.1 Å². The number of para-hydroxylation sites is 1. The average molecular weight is 240 g/mol. The molecular formula is C14H12N2O2. The third-order valence-electron chi connectivity index (χ3n) is 2.46. The maximum Gasteiger partial charge on any atom is 0.219 e.